The van der Waals surface area contributed by atoms with Gasteiger partial charge in [-0.3, -0.25) is 4.79 Å². The molecule has 0 heterocycles. The fourth-order valence-corrected chi connectivity index (χ4v) is 2.55. The van der Waals surface area contributed by atoms with Crippen molar-refractivity contribution in [2.45, 2.75) is 83.6 Å². The number of carboxylic acid groups (broad SMARTS) is 1. The van der Waals surface area contributed by atoms with Crippen molar-refractivity contribution in [2.24, 2.45) is 5.73 Å². The lowest BCUT2D eigenvalue weighted by Crippen LogP contribution is -2.42. The van der Waals surface area contributed by atoms with Gasteiger partial charge in [-0.05, 0) is 32.2 Å². The van der Waals surface area contributed by atoms with Crippen LogP contribution in [0.25, 0.3) is 0 Å². The number of hydrogen-bond donors (Lipinski definition) is 2. The lowest BCUT2D eigenvalue weighted by molar-refractivity contribution is -0.149. The Bertz CT molecular complexity index is 308. The Morgan fingerprint density at radius 2 is 1.59 bits per heavy atom. The van der Waals surface area contributed by atoms with Crippen LogP contribution in [0.3, 0.4) is 0 Å². The monoisotopic (exact) mass is 314 g/mol. The topological polar surface area (TPSA) is 83.6 Å². The van der Waals surface area contributed by atoms with Crippen LogP contribution >= 0.6 is 0 Å². The Kier molecular flexibility index (Phi) is 12.9. The maximum Gasteiger partial charge on any atom is 0.326 e. The van der Waals surface area contributed by atoms with Crippen LogP contribution in [0.1, 0.15) is 77.6 Å². The second kappa shape index (κ2) is 13.6. The van der Waals surface area contributed by atoms with Crippen molar-refractivity contribution >= 4 is 11.9 Å². The molecule has 0 aromatic rings. The predicted molar refractivity (Wildman–Crippen MR) is 89.7 cm³/mol. The molecule has 0 bridgehead atoms. The number of carbonyl (C=O) groups is 2. The van der Waals surface area contributed by atoms with Crippen LogP contribution in [0.4, 0.5) is 0 Å². The quantitative estimate of drug-likeness (QED) is 0.482. The third-order valence-electron chi connectivity index (χ3n) is 4.07. The molecule has 0 rings (SSSR count). The molecule has 0 aromatic carbocycles. The maximum atomic E-state index is 12.1. The van der Waals surface area contributed by atoms with E-state index in [-0.39, 0.29) is 5.91 Å². The number of unbranched alkanes of at least 4 members (excludes halogenated alkanes) is 7. The Hall–Kier alpha value is -1.10. The molecule has 0 fully saturated rings. The Labute approximate surface area is 135 Å². The Balaban J connectivity index is 3.97. The lowest BCUT2D eigenvalue weighted by Gasteiger charge is -2.25. The highest BCUT2D eigenvalue weighted by atomic mass is 16.4. The van der Waals surface area contributed by atoms with Gasteiger partial charge in [0.25, 0.3) is 0 Å². The van der Waals surface area contributed by atoms with Crippen molar-refractivity contribution in [3.63, 3.8) is 0 Å². The molecular formula is C17H34N2O3. The van der Waals surface area contributed by atoms with E-state index in [9.17, 15) is 14.7 Å². The third kappa shape index (κ3) is 9.77. The van der Waals surface area contributed by atoms with E-state index in [1.807, 2.05) is 0 Å². The van der Waals surface area contributed by atoms with Gasteiger partial charge in [-0.2, -0.15) is 0 Å². The van der Waals surface area contributed by atoms with E-state index < -0.39 is 12.0 Å². The molecule has 0 aliphatic carbocycles. The number of carbonyl (C=O) groups excluding carboxylic acids is 1. The van der Waals surface area contributed by atoms with Crippen molar-refractivity contribution < 1.29 is 14.7 Å². The number of likely N-dealkylation sites (N-methyl/N-ethyl adjacent to an activating group) is 1. The average molecular weight is 314 g/mol. The molecule has 0 aliphatic heterocycles. The zero-order valence-corrected chi connectivity index (χ0v) is 14.4. The normalized spacial score (nSPS) is 12.1. The second-order valence-corrected chi connectivity index (χ2v) is 6.01. The first-order chi connectivity index (χ1) is 10.5. The molecule has 5 heteroatoms. The molecule has 0 radical (unpaired) electrons. The average Bonchev–Trinajstić information content (AvgIpc) is 2.49. The SMILES string of the molecule is CCCCCCCCCC(=O)N(C)[C@@H](CCCCN)C(=O)O. The number of rotatable bonds is 14. The van der Waals surface area contributed by atoms with Gasteiger partial charge in [-0.1, -0.05) is 45.4 Å². The van der Waals surface area contributed by atoms with Crippen molar-refractivity contribution in [1.82, 2.24) is 4.90 Å². The summed E-state index contributed by atoms with van der Waals surface area (Å²) < 4.78 is 0. The molecule has 0 unspecified atom stereocenters. The third-order valence-corrected chi connectivity index (χ3v) is 4.07. The maximum absolute atomic E-state index is 12.1. The zero-order valence-electron chi connectivity index (χ0n) is 14.4. The summed E-state index contributed by atoms with van der Waals surface area (Å²) in [5.74, 6) is -0.985. The van der Waals surface area contributed by atoms with Crippen LogP contribution < -0.4 is 5.73 Å². The molecule has 0 spiro atoms. The molecule has 0 saturated carbocycles. The number of hydrogen-bond acceptors (Lipinski definition) is 3. The first-order valence-corrected chi connectivity index (χ1v) is 8.73. The summed E-state index contributed by atoms with van der Waals surface area (Å²) in [6, 6.07) is -0.719. The van der Waals surface area contributed by atoms with Crippen LogP contribution in [-0.2, 0) is 9.59 Å². The molecule has 0 aromatic heterocycles. The summed E-state index contributed by atoms with van der Waals surface area (Å²) in [5.41, 5.74) is 5.42. The first kappa shape index (κ1) is 20.9. The number of carboxylic acids is 1. The lowest BCUT2D eigenvalue weighted by atomic mass is 10.1. The van der Waals surface area contributed by atoms with Gasteiger partial charge in [-0.15, -0.1) is 0 Å². The van der Waals surface area contributed by atoms with Crippen molar-refractivity contribution in [2.75, 3.05) is 13.6 Å². The highest BCUT2D eigenvalue weighted by Gasteiger charge is 2.25. The van der Waals surface area contributed by atoms with Crippen LogP contribution in [0.2, 0.25) is 0 Å². The smallest absolute Gasteiger partial charge is 0.326 e. The summed E-state index contributed by atoms with van der Waals surface area (Å²) >= 11 is 0. The summed E-state index contributed by atoms with van der Waals surface area (Å²) in [4.78, 5) is 24.8. The first-order valence-electron chi connectivity index (χ1n) is 8.73. The highest BCUT2D eigenvalue weighted by Crippen LogP contribution is 2.12. The fourth-order valence-electron chi connectivity index (χ4n) is 2.55. The molecule has 22 heavy (non-hydrogen) atoms. The highest BCUT2D eigenvalue weighted by molar-refractivity contribution is 5.83. The van der Waals surface area contributed by atoms with Gasteiger partial charge in [0.1, 0.15) is 6.04 Å². The Morgan fingerprint density at radius 1 is 1.00 bits per heavy atom. The van der Waals surface area contributed by atoms with Gasteiger partial charge in [-0.25, -0.2) is 4.79 Å². The standard InChI is InChI=1S/C17H34N2O3/c1-3-4-5-6-7-8-9-13-16(20)19(2)15(17(21)22)12-10-11-14-18/h15H,3-14,18H2,1-2H3,(H,21,22)/t15-/m0/s1. The molecule has 1 amide bonds. The van der Waals surface area contributed by atoms with Gasteiger partial charge in [0.15, 0.2) is 0 Å². The van der Waals surface area contributed by atoms with E-state index in [4.69, 9.17) is 5.73 Å². The molecule has 0 aliphatic rings. The molecule has 130 valence electrons. The number of aliphatic carboxylic acids is 1. The van der Waals surface area contributed by atoms with E-state index in [1.165, 1.54) is 30.6 Å². The molecule has 0 saturated heterocycles. The Morgan fingerprint density at radius 3 is 2.14 bits per heavy atom. The van der Waals surface area contributed by atoms with Crippen LogP contribution in [-0.4, -0.2) is 41.5 Å². The summed E-state index contributed by atoms with van der Waals surface area (Å²) in [7, 11) is 1.60. The van der Waals surface area contributed by atoms with E-state index in [0.717, 1.165) is 32.1 Å². The molecule has 1 atom stereocenters. The van der Waals surface area contributed by atoms with E-state index in [2.05, 4.69) is 6.92 Å². The van der Waals surface area contributed by atoms with Gasteiger partial charge in [0, 0.05) is 13.5 Å². The van der Waals surface area contributed by atoms with Crippen LogP contribution in [0.5, 0.6) is 0 Å². The van der Waals surface area contributed by atoms with Crippen LogP contribution in [0.15, 0.2) is 0 Å². The second-order valence-electron chi connectivity index (χ2n) is 6.01. The van der Waals surface area contributed by atoms with Crippen molar-refractivity contribution in [3.8, 4) is 0 Å². The van der Waals surface area contributed by atoms with E-state index in [0.29, 0.717) is 19.4 Å². The van der Waals surface area contributed by atoms with Crippen molar-refractivity contribution in [1.29, 1.82) is 0 Å². The number of nitrogens with two attached hydrogens (primary N) is 1. The van der Waals surface area contributed by atoms with E-state index in [1.54, 1.807) is 7.05 Å². The summed E-state index contributed by atoms with van der Waals surface area (Å²) in [6.07, 6.45) is 10.5. The van der Waals surface area contributed by atoms with Gasteiger partial charge in [0.05, 0.1) is 0 Å². The zero-order chi connectivity index (χ0) is 16.8. The minimum atomic E-state index is -0.924. The van der Waals surface area contributed by atoms with Crippen molar-refractivity contribution in [3.05, 3.63) is 0 Å². The van der Waals surface area contributed by atoms with Gasteiger partial charge < -0.3 is 15.7 Å². The molecule has 3 N–H and O–H groups in total. The molecule has 5 nitrogen and oxygen atoms in total. The largest absolute Gasteiger partial charge is 0.480 e. The molecular weight excluding hydrogens is 280 g/mol. The van der Waals surface area contributed by atoms with E-state index >= 15 is 0 Å². The fraction of sp³-hybridized carbons (Fsp3) is 0.882. The predicted octanol–water partition coefficient (Wildman–Crippen LogP) is 3.17. The summed E-state index contributed by atoms with van der Waals surface area (Å²) in [6.45, 7) is 2.75. The number of nitrogens with zero attached hydrogens (tertiary/aromatic N) is 1. The van der Waals surface area contributed by atoms with Crippen LogP contribution in [0, 0.1) is 0 Å². The minimum Gasteiger partial charge on any atom is -0.480 e. The minimum absolute atomic E-state index is 0.0614. The van der Waals surface area contributed by atoms with Gasteiger partial charge >= 0.3 is 5.97 Å². The number of amides is 1. The van der Waals surface area contributed by atoms with Gasteiger partial charge in [0.2, 0.25) is 5.91 Å². The summed E-state index contributed by atoms with van der Waals surface area (Å²) in [5, 5.41) is 9.26.